The third-order valence-electron chi connectivity index (χ3n) is 2.82. The molecule has 4 nitrogen and oxygen atoms in total. The topological polar surface area (TPSA) is 48.3 Å². The molecule has 0 unspecified atom stereocenters. The number of benzene rings is 1. The van der Waals surface area contributed by atoms with Gasteiger partial charge in [-0.3, -0.25) is 9.36 Å². The highest BCUT2D eigenvalue weighted by molar-refractivity contribution is 6.03. The standard InChI is InChI=1S/C14H15NO3/c1-9(2)13(16)15-11-7-5-4-6-10(11)8-12(15)14(17)18-3/h4-9H,1-3H3. The third-order valence-corrected chi connectivity index (χ3v) is 2.82. The van der Waals surface area contributed by atoms with E-state index >= 15 is 0 Å². The van der Waals surface area contributed by atoms with Gasteiger partial charge in [0.15, 0.2) is 0 Å². The van der Waals surface area contributed by atoms with Crippen molar-refractivity contribution in [1.82, 2.24) is 4.57 Å². The molecule has 0 spiro atoms. The number of para-hydroxylation sites is 1. The SMILES string of the molecule is COC(=O)c1cc2ccccc2n1C(=O)C(C)C. The molecule has 0 aliphatic heterocycles. The van der Waals surface area contributed by atoms with E-state index in [2.05, 4.69) is 0 Å². The van der Waals surface area contributed by atoms with Crippen molar-refractivity contribution < 1.29 is 14.3 Å². The summed E-state index contributed by atoms with van der Waals surface area (Å²) < 4.78 is 6.16. The largest absolute Gasteiger partial charge is 0.464 e. The number of esters is 1. The summed E-state index contributed by atoms with van der Waals surface area (Å²) in [5, 5.41) is 0.854. The summed E-state index contributed by atoms with van der Waals surface area (Å²) in [6, 6.07) is 9.08. The summed E-state index contributed by atoms with van der Waals surface area (Å²) in [6.07, 6.45) is 0. The maximum Gasteiger partial charge on any atom is 0.355 e. The molecule has 0 fully saturated rings. The lowest BCUT2D eigenvalue weighted by atomic mass is 10.2. The quantitative estimate of drug-likeness (QED) is 0.764. The normalized spacial score (nSPS) is 10.9. The lowest BCUT2D eigenvalue weighted by molar-refractivity contribution is 0.0579. The Kier molecular flexibility index (Phi) is 3.19. The maximum absolute atomic E-state index is 12.2. The molecule has 94 valence electrons. The molecule has 0 radical (unpaired) electrons. The molecule has 0 N–H and O–H groups in total. The molecule has 18 heavy (non-hydrogen) atoms. The van der Waals surface area contributed by atoms with Crippen molar-refractivity contribution >= 4 is 22.8 Å². The predicted octanol–water partition coefficient (Wildman–Crippen LogP) is 2.72. The van der Waals surface area contributed by atoms with E-state index in [1.54, 1.807) is 19.9 Å². The van der Waals surface area contributed by atoms with Crippen LogP contribution in [0.1, 0.15) is 29.1 Å². The van der Waals surface area contributed by atoms with Gasteiger partial charge in [-0.1, -0.05) is 32.0 Å². The van der Waals surface area contributed by atoms with Gasteiger partial charge in [-0.05, 0) is 12.1 Å². The van der Waals surface area contributed by atoms with Gasteiger partial charge in [0.05, 0.1) is 12.6 Å². The van der Waals surface area contributed by atoms with Crippen molar-refractivity contribution in [2.24, 2.45) is 5.92 Å². The molecule has 1 aromatic carbocycles. The number of hydrogen-bond donors (Lipinski definition) is 0. The fraction of sp³-hybridized carbons (Fsp3) is 0.286. The van der Waals surface area contributed by atoms with Gasteiger partial charge in [-0.2, -0.15) is 0 Å². The smallest absolute Gasteiger partial charge is 0.355 e. The van der Waals surface area contributed by atoms with Crippen LogP contribution >= 0.6 is 0 Å². The van der Waals surface area contributed by atoms with Crippen LogP contribution in [-0.2, 0) is 4.74 Å². The fourth-order valence-electron chi connectivity index (χ4n) is 1.91. The van der Waals surface area contributed by atoms with Crippen molar-refractivity contribution in [1.29, 1.82) is 0 Å². The monoisotopic (exact) mass is 245 g/mol. The minimum absolute atomic E-state index is 0.114. The molecule has 1 aromatic heterocycles. The molecule has 0 atom stereocenters. The third kappa shape index (κ3) is 1.90. The predicted molar refractivity (Wildman–Crippen MR) is 68.7 cm³/mol. The molecule has 4 heteroatoms. The first-order valence-electron chi connectivity index (χ1n) is 5.79. The summed E-state index contributed by atoms with van der Waals surface area (Å²) in [7, 11) is 1.31. The van der Waals surface area contributed by atoms with Gasteiger partial charge < -0.3 is 4.74 Å². The number of carbonyl (C=O) groups excluding carboxylic acids is 2. The number of rotatable bonds is 2. The number of carbonyl (C=O) groups is 2. The first kappa shape index (κ1) is 12.4. The molecule has 0 bridgehead atoms. The van der Waals surface area contributed by atoms with E-state index in [0.717, 1.165) is 10.9 Å². The minimum atomic E-state index is -0.500. The van der Waals surface area contributed by atoms with E-state index in [4.69, 9.17) is 4.74 Å². The summed E-state index contributed by atoms with van der Waals surface area (Å²) in [5.74, 6) is -0.805. The number of fused-ring (bicyclic) bond motifs is 1. The second-order valence-electron chi connectivity index (χ2n) is 4.41. The van der Waals surface area contributed by atoms with Gasteiger partial charge in [0.2, 0.25) is 5.91 Å². The van der Waals surface area contributed by atoms with Gasteiger partial charge >= 0.3 is 5.97 Å². The second-order valence-corrected chi connectivity index (χ2v) is 4.41. The Morgan fingerprint density at radius 3 is 2.50 bits per heavy atom. The maximum atomic E-state index is 12.2. The average molecular weight is 245 g/mol. The number of ether oxygens (including phenoxy) is 1. The lowest BCUT2D eigenvalue weighted by Gasteiger charge is -2.10. The van der Waals surface area contributed by atoms with Gasteiger partial charge in [0.25, 0.3) is 0 Å². The molecule has 1 heterocycles. The number of nitrogens with zero attached hydrogens (tertiary/aromatic N) is 1. The van der Waals surface area contributed by atoms with Crippen molar-refractivity contribution in [2.75, 3.05) is 7.11 Å². The van der Waals surface area contributed by atoms with Gasteiger partial charge in [-0.25, -0.2) is 4.79 Å². The van der Waals surface area contributed by atoms with Crippen molar-refractivity contribution in [2.45, 2.75) is 13.8 Å². The summed E-state index contributed by atoms with van der Waals surface area (Å²) in [4.78, 5) is 24.0. The van der Waals surface area contributed by atoms with E-state index in [1.807, 2.05) is 24.3 Å². The molecule has 0 amide bonds. The fourth-order valence-corrected chi connectivity index (χ4v) is 1.91. The Morgan fingerprint density at radius 2 is 1.89 bits per heavy atom. The van der Waals surface area contributed by atoms with E-state index < -0.39 is 5.97 Å². The molecule has 2 rings (SSSR count). The Balaban J connectivity index is 2.73. The van der Waals surface area contributed by atoms with Crippen LogP contribution in [-0.4, -0.2) is 23.6 Å². The van der Waals surface area contributed by atoms with Crippen LogP contribution in [0.4, 0.5) is 0 Å². The highest BCUT2D eigenvalue weighted by atomic mass is 16.5. The Hall–Kier alpha value is -2.10. The molecule has 2 aromatic rings. The summed E-state index contributed by atoms with van der Waals surface area (Å²) in [5.41, 5.74) is 1.01. The molecular formula is C14H15NO3. The Morgan fingerprint density at radius 1 is 1.22 bits per heavy atom. The first-order chi connectivity index (χ1) is 8.56. The van der Waals surface area contributed by atoms with Gasteiger partial charge in [0.1, 0.15) is 5.69 Å². The highest BCUT2D eigenvalue weighted by Gasteiger charge is 2.22. The van der Waals surface area contributed by atoms with Crippen molar-refractivity contribution in [3.63, 3.8) is 0 Å². The minimum Gasteiger partial charge on any atom is -0.464 e. The second kappa shape index (κ2) is 4.64. The molecule has 0 aliphatic carbocycles. The van der Waals surface area contributed by atoms with Gasteiger partial charge in [-0.15, -0.1) is 0 Å². The van der Waals surface area contributed by atoms with E-state index in [1.165, 1.54) is 11.7 Å². The molecule has 0 aliphatic rings. The van der Waals surface area contributed by atoms with E-state index in [-0.39, 0.29) is 17.5 Å². The summed E-state index contributed by atoms with van der Waals surface area (Å²) in [6.45, 7) is 3.61. The van der Waals surface area contributed by atoms with Crippen LogP contribution in [0, 0.1) is 5.92 Å². The number of aromatic nitrogens is 1. The lowest BCUT2D eigenvalue weighted by Crippen LogP contribution is -2.21. The van der Waals surface area contributed by atoms with Crippen LogP contribution in [0.25, 0.3) is 10.9 Å². The number of hydrogen-bond acceptors (Lipinski definition) is 3. The van der Waals surface area contributed by atoms with Crippen LogP contribution in [0.5, 0.6) is 0 Å². The zero-order valence-corrected chi connectivity index (χ0v) is 10.6. The van der Waals surface area contributed by atoms with E-state index in [9.17, 15) is 9.59 Å². The zero-order valence-electron chi connectivity index (χ0n) is 10.6. The highest BCUT2D eigenvalue weighted by Crippen LogP contribution is 2.21. The molecule has 0 saturated heterocycles. The van der Waals surface area contributed by atoms with E-state index in [0.29, 0.717) is 0 Å². The Bertz CT molecular complexity index is 611. The Labute approximate surface area is 105 Å². The first-order valence-corrected chi connectivity index (χ1v) is 5.79. The average Bonchev–Trinajstić information content (AvgIpc) is 2.75. The molecule has 0 saturated carbocycles. The summed E-state index contributed by atoms with van der Waals surface area (Å²) >= 11 is 0. The van der Waals surface area contributed by atoms with Crippen LogP contribution in [0.2, 0.25) is 0 Å². The van der Waals surface area contributed by atoms with Crippen molar-refractivity contribution in [3.05, 3.63) is 36.0 Å². The number of methoxy groups -OCH3 is 1. The zero-order chi connectivity index (χ0) is 13.3. The van der Waals surface area contributed by atoms with Crippen LogP contribution in [0.15, 0.2) is 30.3 Å². The van der Waals surface area contributed by atoms with Crippen LogP contribution in [0.3, 0.4) is 0 Å². The van der Waals surface area contributed by atoms with Crippen LogP contribution < -0.4 is 0 Å². The molecular weight excluding hydrogens is 230 g/mol. The van der Waals surface area contributed by atoms with Crippen molar-refractivity contribution in [3.8, 4) is 0 Å². The van der Waals surface area contributed by atoms with Gasteiger partial charge in [0, 0.05) is 11.3 Å².